The zero-order chi connectivity index (χ0) is 10.8. The molecule has 0 aliphatic carbocycles. The summed E-state index contributed by atoms with van der Waals surface area (Å²) in [5.74, 6) is 0. The molecule has 0 saturated heterocycles. The van der Waals surface area contributed by atoms with E-state index < -0.39 is 0 Å². The van der Waals surface area contributed by atoms with E-state index in [0.29, 0.717) is 0 Å². The van der Waals surface area contributed by atoms with Gasteiger partial charge < -0.3 is 62.4 Å². The molecule has 0 unspecified atom stereocenters. The fourth-order valence-electron chi connectivity index (χ4n) is 0. The molecule has 0 fully saturated rings. The molecule has 0 aromatic rings. The van der Waals surface area contributed by atoms with E-state index in [0.717, 1.165) is 21.4 Å². The summed E-state index contributed by atoms with van der Waals surface area (Å²) in [6.45, 7) is 0. The van der Waals surface area contributed by atoms with Crippen LogP contribution in [0.25, 0.3) is 0 Å². The van der Waals surface area contributed by atoms with Crippen molar-refractivity contribution >= 4 is 45.5 Å². The first-order valence-electron chi connectivity index (χ1n) is 1.46. The summed E-state index contributed by atoms with van der Waals surface area (Å²) in [6.07, 6.45) is 0. The van der Waals surface area contributed by atoms with Crippen molar-refractivity contribution < 1.29 is 49.2 Å². The van der Waals surface area contributed by atoms with Crippen LogP contribution < -0.4 is 0 Å². The van der Waals surface area contributed by atoms with Gasteiger partial charge in [0, 0.05) is 0 Å². The van der Waals surface area contributed by atoms with Gasteiger partial charge in [0.25, 0.3) is 0 Å². The topological polar surface area (TPSA) is 333 Å². The summed E-state index contributed by atoms with van der Waals surface area (Å²) < 4.78 is 0. The molecule has 0 aliphatic heterocycles. The Bertz CT molecular complexity index is 78.1. The van der Waals surface area contributed by atoms with Crippen LogP contribution >= 0.6 is 0 Å². The van der Waals surface area contributed by atoms with E-state index in [4.69, 9.17) is 40.5 Å². The predicted octanol–water partition coefficient (Wildman–Crippen LogP) is -1.38. The Morgan fingerprint density at radius 3 is 0.556 bits per heavy atom. The second-order valence-electron chi connectivity index (χ2n) is 0.298. The first-order chi connectivity index (χ1) is 5.66. The summed E-state index contributed by atoms with van der Waals surface area (Å²) in [5, 5.41) is 36.0. The summed E-state index contributed by atoms with van der Waals surface area (Å²) in [4.78, 5) is 32.0. The van der Waals surface area contributed by atoms with Gasteiger partial charge in [-0.25, -0.2) is 0 Å². The van der Waals surface area contributed by atoms with Gasteiger partial charge in [-0.15, -0.1) is 21.4 Å². The summed E-state index contributed by atoms with van der Waals surface area (Å²) in [5.41, 5.74) is 0. The Morgan fingerprint density at radius 2 is 0.556 bits per heavy atom. The molecule has 0 aromatic heterocycles. The monoisotopic (exact) mass is 456 g/mol. The molecule has 0 atom stereocenters. The normalized spacial score (nSPS) is 2.67. The van der Waals surface area contributed by atoms with Gasteiger partial charge in [-0.1, -0.05) is 0 Å². The minimum atomic E-state index is 0. The van der Waals surface area contributed by atoms with Gasteiger partial charge in [0.2, 0.25) is 0 Å². The number of rotatable bonds is 0. The molecular formula is H6CdN4O12Sr-2. The van der Waals surface area contributed by atoms with E-state index in [1.807, 2.05) is 0 Å². The van der Waals surface area contributed by atoms with Crippen molar-refractivity contribution in [3.63, 3.8) is 0 Å². The molecule has 0 heterocycles. The van der Waals surface area contributed by atoms with Crippen LogP contribution in [0.15, 0.2) is 21.4 Å². The van der Waals surface area contributed by atoms with Crippen LogP contribution in [-0.4, -0.2) is 67.4 Å². The second kappa shape index (κ2) is 286. The third-order valence-electron chi connectivity index (χ3n) is 0. The van der Waals surface area contributed by atoms with Crippen molar-refractivity contribution in [3.8, 4) is 0 Å². The van der Waals surface area contributed by atoms with E-state index in [2.05, 4.69) is 0 Å². The Morgan fingerprint density at radius 1 is 0.556 bits per heavy atom. The van der Waals surface area contributed by atoms with Crippen molar-refractivity contribution in [2.75, 3.05) is 0 Å². The molecule has 0 amide bonds. The Kier molecular flexibility index (Phi) is 1310. The van der Waals surface area contributed by atoms with Crippen molar-refractivity contribution in [3.05, 3.63) is 40.5 Å². The average molecular weight is 454 g/mol. The van der Waals surface area contributed by atoms with Crippen molar-refractivity contribution in [1.82, 2.24) is 0 Å². The summed E-state index contributed by atoms with van der Waals surface area (Å²) >= 11 is 0. The molecule has 18 heteroatoms. The number of nitrogens with zero attached hydrogens (tertiary/aromatic N) is 4. The van der Waals surface area contributed by atoms with Crippen LogP contribution in [0.3, 0.4) is 0 Å². The minimum absolute atomic E-state index is 0. The predicted molar refractivity (Wildman–Crippen MR) is 53.5 cm³/mol. The first kappa shape index (κ1) is 82.3. The maximum atomic E-state index is 8.00. The van der Waals surface area contributed by atoms with E-state index in [1.54, 1.807) is 0 Å². The van der Waals surface area contributed by atoms with Crippen LogP contribution in [0.5, 0.6) is 0 Å². The van der Waals surface area contributed by atoms with E-state index >= 15 is 0 Å². The molecule has 16 nitrogen and oxygen atoms in total. The fourth-order valence-corrected chi connectivity index (χ4v) is 0. The van der Waals surface area contributed by atoms with Gasteiger partial charge in [0.15, 0.2) is 0 Å². The fraction of sp³-hybridized carbons (Fsp3) is 0. The van der Waals surface area contributed by atoms with Gasteiger partial charge in [-0.05, 0) is 0 Å². The smallest absolute Gasteiger partial charge is 0.870 e. The Hall–Kier alpha value is -0.157. The van der Waals surface area contributed by atoms with Gasteiger partial charge in [0.05, 0.1) is 0 Å². The molecule has 0 aliphatic rings. The quantitative estimate of drug-likeness (QED) is 0.234. The van der Waals surface area contributed by atoms with Crippen LogP contribution in [0.1, 0.15) is 0 Å². The molecule has 0 saturated carbocycles. The second-order valence-corrected chi connectivity index (χ2v) is 0.298. The number of hydrogen-bond donors (Lipinski definition) is 0. The third-order valence-corrected chi connectivity index (χ3v) is 0. The average Bonchev–Trinajstić information content (AvgIpc) is 1.92. The zero-order valence-electron chi connectivity index (χ0n) is 8.36. The molecule has 0 aromatic carbocycles. The van der Waals surface area contributed by atoms with Crippen molar-refractivity contribution in [2.45, 2.75) is 0 Å². The van der Waals surface area contributed by atoms with Crippen LogP contribution in [0.2, 0.25) is 0 Å². The van der Waals surface area contributed by atoms with Crippen LogP contribution in [0, 0.1) is 40.5 Å². The van der Waals surface area contributed by atoms with Gasteiger partial charge >= 0.3 is 72.8 Å². The third kappa shape index (κ3) is 141000. The molecule has 104 valence electrons. The molecule has 18 heavy (non-hydrogen) atoms. The molecule has 0 radical (unpaired) electrons. The molecule has 0 rings (SSSR count). The van der Waals surface area contributed by atoms with E-state index in [1.165, 1.54) is 0 Å². The van der Waals surface area contributed by atoms with E-state index in [9.17, 15) is 0 Å². The summed E-state index contributed by atoms with van der Waals surface area (Å²) in [7, 11) is 0. The molecular weight excluding hydrogens is 448 g/mol. The maximum absolute atomic E-state index is 8.00. The van der Waals surface area contributed by atoms with Crippen LogP contribution in [-0.2, 0) is 27.3 Å². The zero-order valence-corrected chi connectivity index (χ0v) is 15.9. The van der Waals surface area contributed by atoms with Crippen molar-refractivity contribution in [2.24, 2.45) is 21.4 Å². The van der Waals surface area contributed by atoms with Gasteiger partial charge in [-0.2, -0.15) is 0 Å². The van der Waals surface area contributed by atoms with Crippen LogP contribution in [0.4, 0.5) is 0 Å². The first-order valence-corrected chi connectivity index (χ1v) is 1.46. The largest absolute Gasteiger partial charge is 2.00 e. The Balaban J connectivity index is -0.00000000533. The molecule has 0 spiro atoms. The maximum Gasteiger partial charge on any atom is 2.00 e. The molecule has 0 bridgehead atoms. The standard InChI is InChI=1S/Cd.4HNO2.4H2O.Sr/c;4*2-1-3;;;;;/h;4*(H,2,3);4*1H2;/q+2;;;;;;;;;+2/p-6. The minimum Gasteiger partial charge on any atom is -0.870 e. The van der Waals surface area contributed by atoms with E-state index in [-0.39, 0.29) is 94.7 Å². The van der Waals surface area contributed by atoms with Crippen molar-refractivity contribution in [1.29, 1.82) is 0 Å². The molecule has 6 N–H and O–H groups in total. The van der Waals surface area contributed by atoms with Gasteiger partial charge in [0.1, 0.15) is 0 Å². The summed E-state index contributed by atoms with van der Waals surface area (Å²) in [6, 6.07) is 0. The van der Waals surface area contributed by atoms with Gasteiger partial charge in [-0.3, -0.25) is 0 Å². The SMILES string of the molecule is O.O.O=N[O-].O=N[O-].O=N[O-].O=N[O-].[Cd+2].[OH-].[OH-].[Sr+2]. The Labute approximate surface area is 155 Å². The number of hydrogen-bond acceptors (Lipinski definition) is 14.